The fourth-order valence-corrected chi connectivity index (χ4v) is 3.95. The molecule has 0 radical (unpaired) electrons. The molecule has 136 valence electrons. The summed E-state index contributed by atoms with van der Waals surface area (Å²) >= 11 is 1.35. The second kappa shape index (κ2) is 7.16. The SMILES string of the molecule is CN=C1N[C@@H]2[C@@H](O)[C@H](O)[C@@H]([C@H](C)Oc3ccc([N+](=O)[O-])cc3)O[C@@H]2S1. The number of amidine groups is 1. The number of ether oxygens (including phenoxy) is 2. The van der Waals surface area contributed by atoms with Gasteiger partial charge in [-0.1, -0.05) is 11.8 Å². The van der Waals surface area contributed by atoms with Gasteiger partial charge in [-0.05, 0) is 19.1 Å². The fourth-order valence-electron chi connectivity index (χ4n) is 2.86. The Morgan fingerprint density at radius 3 is 2.64 bits per heavy atom. The zero-order valence-electron chi connectivity index (χ0n) is 13.6. The molecule has 0 amide bonds. The Labute approximate surface area is 148 Å². The Kier molecular flexibility index (Phi) is 5.13. The molecule has 0 aliphatic carbocycles. The average Bonchev–Trinajstić information content (AvgIpc) is 3.02. The minimum atomic E-state index is -1.14. The lowest BCUT2D eigenvalue weighted by Crippen LogP contribution is -2.61. The van der Waals surface area contributed by atoms with Crippen LogP contribution in [0.1, 0.15) is 6.92 Å². The number of hydrogen-bond donors (Lipinski definition) is 3. The van der Waals surface area contributed by atoms with E-state index in [0.717, 1.165) is 0 Å². The first-order chi connectivity index (χ1) is 11.9. The lowest BCUT2D eigenvalue weighted by Gasteiger charge is -2.41. The molecule has 9 nitrogen and oxygen atoms in total. The van der Waals surface area contributed by atoms with Crippen LogP contribution in [0.25, 0.3) is 0 Å². The summed E-state index contributed by atoms with van der Waals surface area (Å²) in [6.07, 6.45) is -3.50. The Hall–Kier alpha value is -1.88. The van der Waals surface area contributed by atoms with Crippen LogP contribution in [0, 0.1) is 10.1 Å². The molecule has 3 rings (SSSR count). The molecule has 2 fully saturated rings. The van der Waals surface area contributed by atoms with Gasteiger partial charge < -0.3 is 25.0 Å². The van der Waals surface area contributed by atoms with Crippen molar-refractivity contribution in [3.8, 4) is 5.75 Å². The smallest absolute Gasteiger partial charge is 0.269 e. The van der Waals surface area contributed by atoms with Crippen molar-refractivity contribution in [1.29, 1.82) is 0 Å². The summed E-state index contributed by atoms with van der Waals surface area (Å²) < 4.78 is 11.6. The normalized spacial score (nSPS) is 34.2. The molecular formula is C15H19N3O6S. The van der Waals surface area contributed by atoms with Crippen LogP contribution in [0.2, 0.25) is 0 Å². The molecule has 1 aromatic carbocycles. The monoisotopic (exact) mass is 369 g/mol. The van der Waals surface area contributed by atoms with Crippen molar-refractivity contribution in [1.82, 2.24) is 5.32 Å². The third kappa shape index (κ3) is 3.56. The third-order valence-electron chi connectivity index (χ3n) is 4.19. The van der Waals surface area contributed by atoms with Crippen LogP contribution in [0.5, 0.6) is 5.75 Å². The topological polar surface area (TPSA) is 126 Å². The molecule has 2 aliphatic heterocycles. The van der Waals surface area contributed by atoms with Gasteiger partial charge in [0.15, 0.2) is 5.17 Å². The van der Waals surface area contributed by atoms with Gasteiger partial charge in [0, 0.05) is 19.2 Å². The number of benzene rings is 1. The fraction of sp³-hybridized carbons (Fsp3) is 0.533. The van der Waals surface area contributed by atoms with Gasteiger partial charge in [-0.15, -0.1) is 0 Å². The molecule has 2 saturated heterocycles. The maximum Gasteiger partial charge on any atom is 0.269 e. The van der Waals surface area contributed by atoms with E-state index in [1.165, 1.54) is 36.0 Å². The van der Waals surface area contributed by atoms with Crippen LogP contribution in [0.15, 0.2) is 29.3 Å². The van der Waals surface area contributed by atoms with E-state index in [-0.39, 0.29) is 11.1 Å². The molecular weight excluding hydrogens is 350 g/mol. The molecule has 10 heteroatoms. The van der Waals surface area contributed by atoms with Crippen LogP contribution in [0.4, 0.5) is 5.69 Å². The van der Waals surface area contributed by atoms with Crippen molar-refractivity contribution in [3.63, 3.8) is 0 Å². The summed E-state index contributed by atoms with van der Waals surface area (Å²) in [5.41, 5.74) is -0.419. The Morgan fingerprint density at radius 2 is 2.04 bits per heavy atom. The minimum Gasteiger partial charge on any atom is -0.488 e. The predicted molar refractivity (Wildman–Crippen MR) is 91.7 cm³/mol. The Bertz CT molecular complexity index is 670. The van der Waals surface area contributed by atoms with Gasteiger partial charge in [0.05, 0.1) is 11.0 Å². The number of thioether (sulfide) groups is 1. The molecule has 0 bridgehead atoms. The highest BCUT2D eigenvalue weighted by Gasteiger charge is 2.50. The van der Waals surface area contributed by atoms with E-state index in [2.05, 4.69) is 10.3 Å². The van der Waals surface area contributed by atoms with E-state index in [1.807, 2.05) is 0 Å². The van der Waals surface area contributed by atoms with E-state index < -0.39 is 35.4 Å². The van der Waals surface area contributed by atoms with Crippen molar-refractivity contribution < 1.29 is 24.6 Å². The number of aliphatic imine (C=N–C) groups is 1. The third-order valence-corrected chi connectivity index (χ3v) is 5.35. The second-order valence-electron chi connectivity index (χ2n) is 5.84. The van der Waals surface area contributed by atoms with Crippen molar-refractivity contribution >= 4 is 22.6 Å². The number of nitrogens with zero attached hydrogens (tertiary/aromatic N) is 2. The number of fused-ring (bicyclic) bond motifs is 1. The number of rotatable bonds is 4. The Morgan fingerprint density at radius 1 is 1.36 bits per heavy atom. The van der Waals surface area contributed by atoms with Crippen molar-refractivity contribution in [2.75, 3.05) is 7.05 Å². The van der Waals surface area contributed by atoms with E-state index in [0.29, 0.717) is 10.9 Å². The molecule has 1 aromatic rings. The van der Waals surface area contributed by atoms with Crippen molar-refractivity contribution in [2.24, 2.45) is 4.99 Å². The van der Waals surface area contributed by atoms with Crippen LogP contribution >= 0.6 is 11.8 Å². The van der Waals surface area contributed by atoms with E-state index in [4.69, 9.17) is 9.47 Å². The zero-order valence-corrected chi connectivity index (χ0v) is 14.4. The number of nitro benzene ring substituents is 1. The van der Waals surface area contributed by atoms with E-state index in [9.17, 15) is 20.3 Å². The van der Waals surface area contributed by atoms with Crippen LogP contribution in [0.3, 0.4) is 0 Å². The number of nitrogens with one attached hydrogen (secondary N) is 1. The molecule has 0 aromatic heterocycles. The highest BCUT2D eigenvalue weighted by molar-refractivity contribution is 8.14. The highest BCUT2D eigenvalue weighted by atomic mass is 32.2. The first-order valence-corrected chi connectivity index (χ1v) is 8.61. The molecule has 6 atom stereocenters. The largest absolute Gasteiger partial charge is 0.488 e. The number of aliphatic hydroxyl groups is 2. The summed E-state index contributed by atoms with van der Waals surface area (Å²) in [6.45, 7) is 1.71. The van der Waals surface area contributed by atoms with Crippen molar-refractivity contribution in [2.45, 2.75) is 42.8 Å². The number of nitro groups is 1. The summed E-state index contributed by atoms with van der Waals surface area (Å²) in [5, 5.41) is 35.1. The lowest BCUT2D eigenvalue weighted by atomic mass is 9.95. The maximum absolute atomic E-state index is 10.7. The summed E-state index contributed by atoms with van der Waals surface area (Å²) in [4.78, 5) is 14.2. The number of non-ortho nitro benzene ring substituents is 1. The van der Waals surface area contributed by atoms with Gasteiger partial charge in [0.1, 0.15) is 35.6 Å². The van der Waals surface area contributed by atoms with Gasteiger partial charge in [0.2, 0.25) is 0 Å². The van der Waals surface area contributed by atoms with Gasteiger partial charge in [-0.3, -0.25) is 15.1 Å². The molecule has 3 N–H and O–H groups in total. The van der Waals surface area contributed by atoms with Gasteiger partial charge in [-0.2, -0.15) is 0 Å². The molecule has 25 heavy (non-hydrogen) atoms. The molecule has 0 spiro atoms. The average molecular weight is 369 g/mol. The molecule has 0 unspecified atom stereocenters. The standard InChI is InChI=1S/C15H19N3O6S/c1-7(23-9-5-3-8(4-6-9)18(21)22)13-12(20)11(19)10-14(24-13)25-15(16-2)17-10/h3-7,10-14,19-20H,1-2H3,(H,16,17)/t7-,10+,11+,12-,13+,14+/m0/s1. The highest BCUT2D eigenvalue weighted by Crippen LogP contribution is 2.35. The quantitative estimate of drug-likeness (QED) is 0.517. The van der Waals surface area contributed by atoms with Crippen LogP contribution < -0.4 is 10.1 Å². The lowest BCUT2D eigenvalue weighted by molar-refractivity contribution is -0.384. The van der Waals surface area contributed by atoms with Crippen molar-refractivity contribution in [3.05, 3.63) is 34.4 Å². The van der Waals surface area contributed by atoms with Crippen LogP contribution in [-0.2, 0) is 4.74 Å². The summed E-state index contributed by atoms with van der Waals surface area (Å²) in [7, 11) is 1.63. The molecule has 2 heterocycles. The molecule has 0 saturated carbocycles. The summed E-state index contributed by atoms with van der Waals surface area (Å²) in [6, 6.07) is 5.20. The predicted octanol–water partition coefficient (Wildman–Crippen LogP) is 0.500. The van der Waals surface area contributed by atoms with E-state index in [1.54, 1.807) is 14.0 Å². The Balaban J connectivity index is 1.69. The van der Waals surface area contributed by atoms with Gasteiger partial charge in [0.25, 0.3) is 5.69 Å². The second-order valence-corrected chi connectivity index (χ2v) is 6.93. The first kappa shape index (κ1) is 17.9. The zero-order chi connectivity index (χ0) is 18.1. The van der Waals surface area contributed by atoms with Crippen LogP contribution in [-0.4, -0.2) is 63.2 Å². The van der Waals surface area contributed by atoms with Gasteiger partial charge in [-0.25, -0.2) is 0 Å². The van der Waals surface area contributed by atoms with E-state index >= 15 is 0 Å². The minimum absolute atomic E-state index is 0.0352. The van der Waals surface area contributed by atoms with Gasteiger partial charge >= 0.3 is 0 Å². The first-order valence-electron chi connectivity index (χ1n) is 7.73. The number of aliphatic hydroxyl groups excluding tert-OH is 2. The maximum atomic E-state index is 10.7. The summed E-state index contributed by atoms with van der Waals surface area (Å²) in [5.74, 6) is 0.415. The number of hydrogen-bond acceptors (Lipinski definition) is 8. The molecule has 2 aliphatic rings.